The first-order valence-electron chi connectivity index (χ1n) is 4.58. The lowest BCUT2D eigenvalue weighted by Crippen LogP contribution is -2.26. The summed E-state index contributed by atoms with van der Waals surface area (Å²) in [6.07, 6.45) is 5.21. The summed E-state index contributed by atoms with van der Waals surface area (Å²) in [5.41, 5.74) is 0.300. The van der Waals surface area contributed by atoms with Crippen molar-refractivity contribution in [3.8, 4) is 18.0 Å². The summed E-state index contributed by atoms with van der Waals surface area (Å²) < 4.78 is 2.16. The highest BCUT2D eigenvalue weighted by atomic mass is 16.2. The SMILES string of the molecule is C#Cc1ccc(-n2c(=O)[nH]n(C)c2=O)cc1. The first kappa shape index (κ1) is 10.1. The van der Waals surface area contributed by atoms with Crippen LogP contribution in [0.2, 0.25) is 0 Å². The average Bonchev–Trinajstić information content (AvgIpc) is 2.54. The largest absolute Gasteiger partial charge is 0.351 e. The fourth-order valence-electron chi connectivity index (χ4n) is 1.41. The summed E-state index contributed by atoms with van der Waals surface area (Å²) in [6.45, 7) is 0. The Morgan fingerprint density at radius 2 is 1.88 bits per heavy atom. The van der Waals surface area contributed by atoms with Crippen LogP contribution < -0.4 is 11.4 Å². The number of hydrogen-bond donors (Lipinski definition) is 1. The van der Waals surface area contributed by atoms with E-state index < -0.39 is 11.4 Å². The van der Waals surface area contributed by atoms with Crippen LogP contribution in [0.25, 0.3) is 5.69 Å². The molecule has 0 radical (unpaired) electrons. The number of nitrogens with one attached hydrogen (secondary N) is 1. The van der Waals surface area contributed by atoms with Crippen LogP contribution in [-0.4, -0.2) is 14.3 Å². The number of aromatic amines is 1. The monoisotopic (exact) mass is 215 g/mol. The molecule has 0 atom stereocenters. The van der Waals surface area contributed by atoms with Crippen LogP contribution in [-0.2, 0) is 7.05 Å². The van der Waals surface area contributed by atoms with Gasteiger partial charge in [-0.25, -0.2) is 23.9 Å². The highest BCUT2D eigenvalue weighted by Crippen LogP contribution is 2.04. The number of aromatic nitrogens is 3. The van der Waals surface area contributed by atoms with Gasteiger partial charge in [0.15, 0.2) is 0 Å². The van der Waals surface area contributed by atoms with Crippen molar-refractivity contribution in [3.63, 3.8) is 0 Å². The molecule has 1 N–H and O–H groups in total. The molecular weight excluding hydrogens is 206 g/mol. The second-order valence-electron chi connectivity index (χ2n) is 3.29. The maximum atomic E-state index is 11.6. The zero-order chi connectivity index (χ0) is 11.7. The molecule has 0 aliphatic carbocycles. The molecule has 0 aliphatic rings. The fourth-order valence-corrected chi connectivity index (χ4v) is 1.41. The third kappa shape index (κ3) is 1.46. The second kappa shape index (κ2) is 3.59. The summed E-state index contributed by atoms with van der Waals surface area (Å²) in [6, 6.07) is 6.61. The van der Waals surface area contributed by atoms with Crippen molar-refractivity contribution < 1.29 is 0 Å². The van der Waals surface area contributed by atoms with Crippen LogP contribution >= 0.6 is 0 Å². The van der Waals surface area contributed by atoms with Crippen LogP contribution in [0.5, 0.6) is 0 Å². The molecule has 2 rings (SSSR count). The fraction of sp³-hybridized carbons (Fsp3) is 0.0909. The highest BCUT2D eigenvalue weighted by molar-refractivity contribution is 5.40. The van der Waals surface area contributed by atoms with Crippen molar-refractivity contribution in [3.05, 3.63) is 50.8 Å². The molecule has 0 saturated heterocycles. The van der Waals surface area contributed by atoms with Crippen LogP contribution in [0.3, 0.4) is 0 Å². The number of hydrogen-bond acceptors (Lipinski definition) is 2. The minimum atomic E-state index is -0.471. The Morgan fingerprint density at radius 1 is 1.25 bits per heavy atom. The molecule has 80 valence electrons. The van der Waals surface area contributed by atoms with E-state index in [-0.39, 0.29) is 0 Å². The number of H-pyrrole nitrogens is 1. The van der Waals surface area contributed by atoms with Crippen LogP contribution in [0.1, 0.15) is 5.56 Å². The molecule has 16 heavy (non-hydrogen) atoms. The van der Waals surface area contributed by atoms with Crippen molar-refractivity contribution in [1.29, 1.82) is 0 Å². The molecular formula is C11H9N3O2. The minimum absolute atomic E-state index is 0.418. The van der Waals surface area contributed by atoms with Crippen molar-refractivity contribution in [2.45, 2.75) is 0 Å². The van der Waals surface area contributed by atoms with Gasteiger partial charge in [0.1, 0.15) is 0 Å². The lowest BCUT2D eigenvalue weighted by atomic mass is 10.2. The number of nitrogens with zero attached hydrogens (tertiary/aromatic N) is 2. The predicted octanol–water partition coefficient (Wildman–Crippen LogP) is -0.154. The minimum Gasteiger partial charge on any atom is -0.246 e. The molecule has 0 amide bonds. The topological polar surface area (TPSA) is 59.8 Å². The predicted molar refractivity (Wildman–Crippen MR) is 59.6 cm³/mol. The van der Waals surface area contributed by atoms with E-state index in [4.69, 9.17) is 6.42 Å². The molecule has 0 fully saturated rings. The molecule has 5 nitrogen and oxygen atoms in total. The maximum absolute atomic E-state index is 11.6. The van der Waals surface area contributed by atoms with Gasteiger partial charge in [0.25, 0.3) is 0 Å². The molecule has 1 aromatic heterocycles. The summed E-state index contributed by atoms with van der Waals surface area (Å²) in [4.78, 5) is 23.1. The van der Waals surface area contributed by atoms with E-state index in [2.05, 4.69) is 11.0 Å². The summed E-state index contributed by atoms with van der Waals surface area (Å²) >= 11 is 0. The Labute approximate surface area is 90.9 Å². The van der Waals surface area contributed by atoms with E-state index in [1.165, 1.54) is 7.05 Å². The van der Waals surface area contributed by atoms with Gasteiger partial charge in [0.2, 0.25) is 0 Å². The van der Waals surface area contributed by atoms with E-state index in [9.17, 15) is 9.59 Å². The van der Waals surface area contributed by atoms with Gasteiger partial charge in [0, 0.05) is 12.6 Å². The van der Waals surface area contributed by atoms with Gasteiger partial charge in [-0.1, -0.05) is 5.92 Å². The normalized spacial score (nSPS) is 10.0. The third-order valence-corrected chi connectivity index (χ3v) is 2.24. The van der Waals surface area contributed by atoms with Crippen molar-refractivity contribution in [2.24, 2.45) is 7.05 Å². The van der Waals surface area contributed by atoms with Gasteiger partial charge in [-0.05, 0) is 24.3 Å². The first-order chi connectivity index (χ1) is 7.63. The summed E-state index contributed by atoms with van der Waals surface area (Å²) in [7, 11) is 1.48. The number of terminal acetylenes is 1. The third-order valence-electron chi connectivity index (χ3n) is 2.24. The summed E-state index contributed by atoms with van der Waals surface area (Å²) in [5, 5.41) is 2.37. The molecule has 2 aromatic rings. The Hall–Kier alpha value is -2.48. The number of rotatable bonds is 1. The highest BCUT2D eigenvalue weighted by Gasteiger charge is 2.07. The Balaban J connectivity index is 2.64. The van der Waals surface area contributed by atoms with Crippen molar-refractivity contribution in [1.82, 2.24) is 14.3 Å². The molecule has 0 saturated carbocycles. The van der Waals surface area contributed by atoms with Gasteiger partial charge in [-0.2, -0.15) is 0 Å². The van der Waals surface area contributed by atoms with E-state index in [1.54, 1.807) is 24.3 Å². The molecule has 0 spiro atoms. The molecule has 0 aliphatic heterocycles. The smallest absolute Gasteiger partial charge is 0.246 e. The van der Waals surface area contributed by atoms with Gasteiger partial charge in [-0.15, -0.1) is 6.42 Å². The van der Waals surface area contributed by atoms with E-state index in [0.717, 1.165) is 9.25 Å². The van der Waals surface area contributed by atoms with E-state index >= 15 is 0 Å². The van der Waals surface area contributed by atoms with Gasteiger partial charge >= 0.3 is 11.4 Å². The lowest BCUT2D eigenvalue weighted by molar-refractivity contribution is 0.723. The lowest BCUT2D eigenvalue weighted by Gasteiger charge is -1.98. The standard InChI is InChI=1S/C11H9N3O2/c1-3-8-4-6-9(7-5-8)14-10(15)12-13(2)11(14)16/h1,4-7H,2H3,(H,12,15). The van der Waals surface area contributed by atoms with Crippen molar-refractivity contribution in [2.75, 3.05) is 0 Å². The van der Waals surface area contributed by atoms with Crippen LogP contribution in [0.15, 0.2) is 33.9 Å². The molecule has 0 bridgehead atoms. The summed E-state index contributed by atoms with van der Waals surface area (Å²) in [5.74, 6) is 2.46. The average molecular weight is 215 g/mol. The first-order valence-corrected chi connectivity index (χ1v) is 4.58. The molecule has 0 unspecified atom stereocenters. The quantitative estimate of drug-likeness (QED) is 0.672. The maximum Gasteiger partial charge on any atom is 0.351 e. The molecule has 1 aromatic carbocycles. The second-order valence-corrected chi connectivity index (χ2v) is 3.29. The zero-order valence-electron chi connectivity index (χ0n) is 8.60. The molecule has 1 heterocycles. The number of aryl methyl sites for hydroxylation is 1. The van der Waals surface area contributed by atoms with Crippen LogP contribution in [0, 0.1) is 12.3 Å². The van der Waals surface area contributed by atoms with Crippen molar-refractivity contribution >= 4 is 0 Å². The van der Waals surface area contributed by atoms with E-state index in [1.807, 2.05) is 0 Å². The Kier molecular flexibility index (Phi) is 2.25. The molecule has 5 heteroatoms. The Morgan fingerprint density at radius 3 is 2.31 bits per heavy atom. The van der Waals surface area contributed by atoms with Gasteiger partial charge < -0.3 is 0 Å². The van der Waals surface area contributed by atoms with Gasteiger partial charge in [0.05, 0.1) is 5.69 Å². The van der Waals surface area contributed by atoms with E-state index in [0.29, 0.717) is 11.3 Å². The van der Waals surface area contributed by atoms with Crippen LogP contribution in [0.4, 0.5) is 0 Å². The zero-order valence-corrected chi connectivity index (χ0v) is 8.60. The number of benzene rings is 1. The Bertz CT molecular complexity index is 665. The van der Waals surface area contributed by atoms with Gasteiger partial charge in [-0.3, -0.25) is 0 Å².